The number of nitrogens with zero attached hydrogens (tertiary/aromatic N) is 3. The molecule has 20 heavy (non-hydrogen) atoms. The SMILES string of the molecule is CCCNCc1cn(C(C)C(=O)NC(C)(C)CC)nn1. The lowest BCUT2D eigenvalue weighted by Gasteiger charge is -2.26. The molecule has 0 aliphatic heterocycles. The van der Waals surface area contributed by atoms with Crippen LogP contribution in [0.5, 0.6) is 0 Å². The van der Waals surface area contributed by atoms with Crippen molar-refractivity contribution in [2.75, 3.05) is 6.54 Å². The van der Waals surface area contributed by atoms with E-state index in [1.807, 2.05) is 27.0 Å². The lowest BCUT2D eigenvalue weighted by molar-refractivity contribution is -0.125. The molecule has 1 amide bonds. The highest BCUT2D eigenvalue weighted by Crippen LogP contribution is 2.11. The molecule has 1 rings (SSSR count). The number of rotatable bonds is 8. The fraction of sp³-hybridized carbons (Fsp3) is 0.786. The Morgan fingerprint density at radius 1 is 1.45 bits per heavy atom. The van der Waals surface area contributed by atoms with Gasteiger partial charge in [-0.2, -0.15) is 0 Å². The first-order chi connectivity index (χ1) is 9.39. The van der Waals surface area contributed by atoms with Crippen LogP contribution in [-0.4, -0.2) is 33.0 Å². The molecule has 1 aromatic rings. The molecule has 1 heterocycles. The molecule has 0 bridgehead atoms. The normalized spacial score (nSPS) is 13.2. The van der Waals surface area contributed by atoms with Gasteiger partial charge in [0.15, 0.2) is 0 Å². The smallest absolute Gasteiger partial charge is 0.245 e. The predicted molar refractivity (Wildman–Crippen MR) is 79.2 cm³/mol. The van der Waals surface area contributed by atoms with Crippen LogP contribution in [0, 0.1) is 0 Å². The molecule has 0 aliphatic carbocycles. The minimum Gasteiger partial charge on any atom is -0.349 e. The van der Waals surface area contributed by atoms with Crippen molar-refractivity contribution in [2.24, 2.45) is 0 Å². The summed E-state index contributed by atoms with van der Waals surface area (Å²) in [5.74, 6) is -0.0326. The average Bonchev–Trinajstić information content (AvgIpc) is 2.86. The van der Waals surface area contributed by atoms with Gasteiger partial charge in [-0.15, -0.1) is 5.10 Å². The summed E-state index contributed by atoms with van der Waals surface area (Å²) >= 11 is 0. The van der Waals surface area contributed by atoms with Crippen molar-refractivity contribution in [3.63, 3.8) is 0 Å². The number of nitrogens with one attached hydrogen (secondary N) is 2. The molecule has 1 atom stereocenters. The van der Waals surface area contributed by atoms with E-state index in [1.165, 1.54) is 0 Å². The van der Waals surface area contributed by atoms with Crippen molar-refractivity contribution >= 4 is 5.91 Å². The van der Waals surface area contributed by atoms with Gasteiger partial charge in [0.05, 0.1) is 11.9 Å². The lowest BCUT2D eigenvalue weighted by atomic mass is 10.0. The molecule has 0 fully saturated rings. The summed E-state index contributed by atoms with van der Waals surface area (Å²) in [5.41, 5.74) is 0.658. The molecule has 6 nitrogen and oxygen atoms in total. The highest BCUT2D eigenvalue weighted by atomic mass is 16.2. The van der Waals surface area contributed by atoms with Crippen LogP contribution in [0.15, 0.2) is 6.20 Å². The minimum atomic E-state index is -0.353. The van der Waals surface area contributed by atoms with Gasteiger partial charge in [0.2, 0.25) is 5.91 Å². The van der Waals surface area contributed by atoms with E-state index in [2.05, 4.69) is 34.8 Å². The summed E-state index contributed by atoms with van der Waals surface area (Å²) in [6.45, 7) is 11.7. The Morgan fingerprint density at radius 3 is 2.75 bits per heavy atom. The summed E-state index contributed by atoms with van der Waals surface area (Å²) < 4.78 is 1.62. The topological polar surface area (TPSA) is 71.8 Å². The van der Waals surface area contributed by atoms with Gasteiger partial charge in [-0.3, -0.25) is 4.79 Å². The number of hydrogen-bond acceptors (Lipinski definition) is 4. The van der Waals surface area contributed by atoms with Crippen molar-refractivity contribution in [1.82, 2.24) is 25.6 Å². The molecule has 0 aliphatic rings. The van der Waals surface area contributed by atoms with Crippen molar-refractivity contribution in [2.45, 2.75) is 65.6 Å². The van der Waals surface area contributed by atoms with Crippen molar-refractivity contribution in [3.05, 3.63) is 11.9 Å². The second-order valence-electron chi connectivity index (χ2n) is 5.77. The van der Waals surface area contributed by atoms with Crippen LogP contribution in [0.25, 0.3) is 0 Å². The van der Waals surface area contributed by atoms with Gasteiger partial charge in [0.25, 0.3) is 0 Å². The molecule has 6 heteroatoms. The van der Waals surface area contributed by atoms with E-state index in [4.69, 9.17) is 0 Å². The first-order valence-corrected chi connectivity index (χ1v) is 7.33. The summed E-state index contributed by atoms with van der Waals surface area (Å²) in [4.78, 5) is 12.2. The number of aromatic nitrogens is 3. The third-order valence-electron chi connectivity index (χ3n) is 3.41. The zero-order chi connectivity index (χ0) is 15.2. The quantitative estimate of drug-likeness (QED) is 0.711. The average molecular weight is 281 g/mol. The summed E-state index contributed by atoms with van der Waals surface area (Å²) in [5, 5.41) is 14.4. The molecule has 114 valence electrons. The fourth-order valence-corrected chi connectivity index (χ4v) is 1.62. The van der Waals surface area contributed by atoms with E-state index in [1.54, 1.807) is 4.68 Å². The van der Waals surface area contributed by atoms with E-state index in [9.17, 15) is 4.79 Å². The number of carbonyl (C=O) groups is 1. The zero-order valence-electron chi connectivity index (χ0n) is 13.2. The maximum absolute atomic E-state index is 12.2. The van der Waals surface area contributed by atoms with Gasteiger partial charge in [-0.1, -0.05) is 19.1 Å². The number of carbonyl (C=O) groups excluding carboxylic acids is 1. The maximum atomic E-state index is 12.2. The monoisotopic (exact) mass is 281 g/mol. The number of amides is 1. The van der Waals surface area contributed by atoms with Crippen LogP contribution >= 0.6 is 0 Å². The number of hydrogen-bond donors (Lipinski definition) is 2. The van der Waals surface area contributed by atoms with E-state index in [0.717, 1.165) is 25.1 Å². The van der Waals surface area contributed by atoms with Crippen LogP contribution in [0.3, 0.4) is 0 Å². The van der Waals surface area contributed by atoms with Gasteiger partial charge in [0.1, 0.15) is 6.04 Å². The van der Waals surface area contributed by atoms with Crippen LogP contribution in [0.4, 0.5) is 0 Å². The van der Waals surface area contributed by atoms with Gasteiger partial charge in [0, 0.05) is 12.1 Å². The Kier molecular flexibility index (Phi) is 6.13. The molecule has 2 N–H and O–H groups in total. The molecule has 0 saturated carbocycles. The van der Waals surface area contributed by atoms with Crippen molar-refractivity contribution in [1.29, 1.82) is 0 Å². The predicted octanol–water partition coefficient (Wildman–Crippen LogP) is 1.64. The van der Waals surface area contributed by atoms with Crippen LogP contribution in [0.2, 0.25) is 0 Å². The van der Waals surface area contributed by atoms with Crippen molar-refractivity contribution in [3.8, 4) is 0 Å². The third kappa shape index (κ3) is 4.92. The Bertz CT molecular complexity index is 427. The highest BCUT2D eigenvalue weighted by molar-refractivity contribution is 5.80. The first kappa shape index (κ1) is 16.6. The summed E-state index contributed by atoms with van der Waals surface area (Å²) in [6, 6.07) is -0.353. The molecule has 0 aromatic carbocycles. The lowest BCUT2D eigenvalue weighted by Crippen LogP contribution is -2.45. The maximum Gasteiger partial charge on any atom is 0.245 e. The molecule has 0 radical (unpaired) electrons. The van der Waals surface area contributed by atoms with Crippen LogP contribution in [0.1, 0.15) is 59.2 Å². The van der Waals surface area contributed by atoms with Crippen LogP contribution in [-0.2, 0) is 11.3 Å². The molecule has 0 spiro atoms. The Hall–Kier alpha value is -1.43. The summed E-state index contributed by atoms with van der Waals surface area (Å²) in [6.07, 6.45) is 3.79. The Morgan fingerprint density at radius 2 is 2.15 bits per heavy atom. The van der Waals surface area contributed by atoms with Gasteiger partial charge < -0.3 is 10.6 Å². The first-order valence-electron chi connectivity index (χ1n) is 7.33. The van der Waals surface area contributed by atoms with E-state index in [-0.39, 0.29) is 17.5 Å². The summed E-state index contributed by atoms with van der Waals surface area (Å²) in [7, 11) is 0. The highest BCUT2D eigenvalue weighted by Gasteiger charge is 2.23. The Labute approximate surface area is 121 Å². The second kappa shape index (κ2) is 7.38. The minimum absolute atomic E-state index is 0.0326. The second-order valence-corrected chi connectivity index (χ2v) is 5.77. The third-order valence-corrected chi connectivity index (χ3v) is 3.41. The fourth-order valence-electron chi connectivity index (χ4n) is 1.62. The standard InChI is InChI=1S/C14H27N5O/c1-6-8-15-9-12-10-19(18-17-12)11(3)13(20)16-14(4,5)7-2/h10-11,15H,6-9H2,1-5H3,(H,16,20). The van der Waals surface area contributed by atoms with Crippen LogP contribution < -0.4 is 10.6 Å². The van der Waals surface area contributed by atoms with Gasteiger partial charge in [-0.25, -0.2) is 4.68 Å². The largest absolute Gasteiger partial charge is 0.349 e. The zero-order valence-corrected chi connectivity index (χ0v) is 13.2. The van der Waals surface area contributed by atoms with Crippen molar-refractivity contribution < 1.29 is 4.79 Å². The molecule has 0 saturated heterocycles. The molecular weight excluding hydrogens is 254 g/mol. The van der Waals surface area contributed by atoms with E-state index >= 15 is 0 Å². The van der Waals surface area contributed by atoms with Gasteiger partial charge >= 0.3 is 0 Å². The Balaban J connectivity index is 2.59. The van der Waals surface area contributed by atoms with E-state index in [0.29, 0.717) is 6.54 Å². The molecule has 1 aromatic heterocycles. The molecular formula is C14H27N5O. The van der Waals surface area contributed by atoms with Gasteiger partial charge in [-0.05, 0) is 40.2 Å². The molecule has 1 unspecified atom stereocenters. The van der Waals surface area contributed by atoms with E-state index < -0.39 is 0 Å².